The van der Waals surface area contributed by atoms with E-state index in [9.17, 15) is 5.26 Å². The molecule has 132 valence electrons. The van der Waals surface area contributed by atoms with Gasteiger partial charge in [-0.05, 0) is 30.7 Å². The summed E-state index contributed by atoms with van der Waals surface area (Å²) >= 11 is 1.28. The molecule has 3 aromatic rings. The van der Waals surface area contributed by atoms with Gasteiger partial charge in [0.05, 0.1) is 30.2 Å². The van der Waals surface area contributed by atoms with Gasteiger partial charge in [-0.1, -0.05) is 53.7 Å². The Bertz CT molecular complexity index is 1030. The minimum absolute atomic E-state index is 0.237. The van der Waals surface area contributed by atoms with E-state index in [1.54, 1.807) is 7.11 Å². The van der Waals surface area contributed by atoms with Crippen molar-refractivity contribution in [3.63, 3.8) is 0 Å². The highest BCUT2D eigenvalue weighted by molar-refractivity contribution is 7.99. The van der Waals surface area contributed by atoms with E-state index in [1.165, 1.54) is 17.3 Å². The topological polar surface area (TPSA) is 69.7 Å². The van der Waals surface area contributed by atoms with Crippen LogP contribution in [0.3, 0.4) is 0 Å². The van der Waals surface area contributed by atoms with Crippen LogP contribution in [0.25, 0.3) is 22.4 Å². The van der Waals surface area contributed by atoms with Crippen molar-refractivity contribution in [3.05, 3.63) is 65.7 Å². The minimum Gasteiger partial charge on any atom is -0.497 e. The van der Waals surface area contributed by atoms with Crippen molar-refractivity contribution in [2.24, 2.45) is 0 Å². The Morgan fingerprint density at radius 3 is 2.26 bits per heavy atom. The van der Waals surface area contributed by atoms with Gasteiger partial charge in [0.15, 0.2) is 0 Å². The summed E-state index contributed by atoms with van der Waals surface area (Å²) in [6.45, 7) is 2.03. The van der Waals surface area contributed by atoms with Crippen molar-refractivity contribution >= 4 is 11.8 Å². The molecule has 27 heavy (non-hydrogen) atoms. The molecule has 5 heteroatoms. The second-order valence-electron chi connectivity index (χ2n) is 5.89. The molecule has 0 fully saturated rings. The molecule has 0 aliphatic carbocycles. The first-order valence-corrected chi connectivity index (χ1v) is 9.31. The zero-order valence-corrected chi connectivity index (χ0v) is 15.9. The molecule has 3 rings (SSSR count). The molecule has 0 saturated carbocycles. The molecule has 0 spiro atoms. The Hall–Kier alpha value is -3.28. The monoisotopic (exact) mass is 371 g/mol. The average Bonchev–Trinajstić information content (AvgIpc) is 2.72. The second kappa shape index (κ2) is 8.40. The summed E-state index contributed by atoms with van der Waals surface area (Å²) in [5.74, 6) is 0.991. The third kappa shape index (κ3) is 4.11. The lowest BCUT2D eigenvalue weighted by atomic mass is 9.99. The first kappa shape index (κ1) is 18.5. The third-order valence-electron chi connectivity index (χ3n) is 4.12. The number of hydrogen-bond donors (Lipinski definition) is 0. The van der Waals surface area contributed by atoms with E-state index in [4.69, 9.17) is 10.00 Å². The molecule has 2 aromatic carbocycles. The van der Waals surface area contributed by atoms with Crippen molar-refractivity contribution in [3.8, 4) is 40.3 Å². The fourth-order valence-corrected chi connectivity index (χ4v) is 3.37. The largest absolute Gasteiger partial charge is 0.497 e. The van der Waals surface area contributed by atoms with Crippen molar-refractivity contribution in [1.82, 2.24) is 4.98 Å². The van der Waals surface area contributed by atoms with Crippen LogP contribution < -0.4 is 4.74 Å². The standard InChI is InChI=1S/C22H17N3OS/c1-15-3-5-17(6-4-15)21-13-19(16-7-9-18(26-2)10-8-16)20(14-24)22(25-21)27-12-11-23/h3-10,13H,12H2,1-2H3. The van der Waals surface area contributed by atoms with E-state index >= 15 is 0 Å². The molecular weight excluding hydrogens is 354 g/mol. The molecule has 0 radical (unpaired) electrons. The highest BCUT2D eigenvalue weighted by Gasteiger charge is 2.16. The zero-order chi connectivity index (χ0) is 19.2. The average molecular weight is 371 g/mol. The highest BCUT2D eigenvalue weighted by Crippen LogP contribution is 2.34. The maximum atomic E-state index is 9.75. The van der Waals surface area contributed by atoms with Crippen molar-refractivity contribution in [2.45, 2.75) is 11.9 Å². The lowest BCUT2D eigenvalue weighted by Gasteiger charge is -2.12. The second-order valence-corrected chi connectivity index (χ2v) is 6.85. The normalized spacial score (nSPS) is 10.1. The fourth-order valence-electron chi connectivity index (χ4n) is 2.71. The summed E-state index contributed by atoms with van der Waals surface area (Å²) in [5, 5.41) is 19.3. The lowest BCUT2D eigenvalue weighted by Crippen LogP contribution is -1.96. The summed E-state index contributed by atoms with van der Waals surface area (Å²) in [7, 11) is 1.62. The molecule has 0 unspecified atom stereocenters. The van der Waals surface area contributed by atoms with Crippen LogP contribution in [-0.2, 0) is 0 Å². The molecule has 0 saturated heterocycles. The van der Waals surface area contributed by atoms with Crippen LogP contribution in [0.1, 0.15) is 11.1 Å². The lowest BCUT2D eigenvalue weighted by molar-refractivity contribution is 0.415. The first-order valence-electron chi connectivity index (χ1n) is 8.32. The van der Waals surface area contributed by atoms with Gasteiger partial charge in [0, 0.05) is 11.1 Å². The Morgan fingerprint density at radius 2 is 1.67 bits per heavy atom. The number of hydrogen-bond acceptors (Lipinski definition) is 5. The molecule has 0 amide bonds. The summed E-state index contributed by atoms with van der Waals surface area (Å²) in [6, 6.07) is 22.0. The van der Waals surface area contributed by atoms with E-state index in [0.29, 0.717) is 10.6 Å². The van der Waals surface area contributed by atoms with Gasteiger partial charge in [0.2, 0.25) is 0 Å². The van der Waals surface area contributed by atoms with Gasteiger partial charge in [0.25, 0.3) is 0 Å². The zero-order valence-electron chi connectivity index (χ0n) is 15.1. The number of nitriles is 2. The predicted octanol–water partition coefficient (Wildman–Crippen LogP) is 5.22. The van der Waals surface area contributed by atoms with Crippen molar-refractivity contribution in [2.75, 3.05) is 12.9 Å². The number of benzene rings is 2. The van der Waals surface area contributed by atoms with Gasteiger partial charge in [0.1, 0.15) is 16.8 Å². The molecule has 0 atom stereocenters. The van der Waals surface area contributed by atoms with E-state index < -0.39 is 0 Å². The van der Waals surface area contributed by atoms with Gasteiger partial charge in [-0.25, -0.2) is 4.98 Å². The first-order chi connectivity index (χ1) is 13.2. The van der Waals surface area contributed by atoms with Gasteiger partial charge < -0.3 is 4.74 Å². The molecule has 4 nitrogen and oxygen atoms in total. The van der Waals surface area contributed by atoms with Gasteiger partial charge in [-0.2, -0.15) is 10.5 Å². The van der Waals surface area contributed by atoms with Crippen LogP contribution in [0.15, 0.2) is 59.6 Å². The van der Waals surface area contributed by atoms with Crippen LogP contribution in [0.4, 0.5) is 0 Å². The van der Waals surface area contributed by atoms with Crippen LogP contribution in [0, 0.1) is 29.6 Å². The summed E-state index contributed by atoms with van der Waals surface area (Å²) < 4.78 is 5.23. The van der Waals surface area contributed by atoms with Crippen LogP contribution in [0.5, 0.6) is 5.75 Å². The maximum absolute atomic E-state index is 9.75. The maximum Gasteiger partial charge on any atom is 0.118 e. The molecular formula is C22H17N3OS. The number of aryl methyl sites for hydroxylation is 1. The fraction of sp³-hybridized carbons (Fsp3) is 0.136. The van der Waals surface area contributed by atoms with Gasteiger partial charge in [-0.3, -0.25) is 0 Å². The number of aromatic nitrogens is 1. The number of thioether (sulfide) groups is 1. The number of pyridine rings is 1. The minimum atomic E-state index is 0.237. The van der Waals surface area contributed by atoms with E-state index in [2.05, 4.69) is 17.1 Å². The Labute approximate surface area is 163 Å². The van der Waals surface area contributed by atoms with Crippen molar-refractivity contribution < 1.29 is 4.74 Å². The van der Waals surface area contributed by atoms with E-state index in [-0.39, 0.29) is 5.75 Å². The number of ether oxygens (including phenoxy) is 1. The number of rotatable bonds is 5. The molecule has 0 N–H and O–H groups in total. The van der Waals surface area contributed by atoms with Crippen LogP contribution in [-0.4, -0.2) is 17.8 Å². The third-order valence-corrected chi connectivity index (χ3v) is 4.96. The number of methoxy groups -OCH3 is 1. The Balaban J connectivity index is 2.19. The van der Waals surface area contributed by atoms with Crippen molar-refractivity contribution in [1.29, 1.82) is 10.5 Å². The SMILES string of the molecule is COc1ccc(-c2cc(-c3ccc(C)cc3)nc(SCC#N)c2C#N)cc1. The summed E-state index contributed by atoms with van der Waals surface area (Å²) in [6.07, 6.45) is 0. The molecule has 0 bridgehead atoms. The van der Waals surface area contributed by atoms with Gasteiger partial charge in [-0.15, -0.1) is 0 Å². The highest BCUT2D eigenvalue weighted by atomic mass is 32.2. The van der Waals surface area contributed by atoms with E-state index in [1.807, 2.05) is 61.5 Å². The van der Waals surface area contributed by atoms with Crippen LogP contribution >= 0.6 is 11.8 Å². The van der Waals surface area contributed by atoms with Crippen LogP contribution in [0.2, 0.25) is 0 Å². The Kier molecular flexibility index (Phi) is 5.76. The predicted molar refractivity (Wildman–Crippen MR) is 107 cm³/mol. The summed E-state index contributed by atoms with van der Waals surface area (Å²) in [4.78, 5) is 4.67. The Morgan fingerprint density at radius 1 is 1.00 bits per heavy atom. The quantitative estimate of drug-likeness (QED) is 0.575. The van der Waals surface area contributed by atoms with E-state index in [0.717, 1.165) is 28.1 Å². The van der Waals surface area contributed by atoms with Gasteiger partial charge >= 0.3 is 0 Å². The molecule has 0 aliphatic rings. The molecule has 1 aromatic heterocycles. The summed E-state index contributed by atoms with van der Waals surface area (Å²) in [5.41, 5.74) is 5.10. The molecule has 1 heterocycles. The number of nitrogens with zero attached hydrogens (tertiary/aromatic N) is 3. The smallest absolute Gasteiger partial charge is 0.118 e. The molecule has 0 aliphatic heterocycles.